The highest BCUT2D eigenvalue weighted by Gasteiger charge is 2.31. The summed E-state index contributed by atoms with van der Waals surface area (Å²) >= 11 is 0. The topological polar surface area (TPSA) is 24.5 Å². The highest BCUT2D eigenvalue weighted by molar-refractivity contribution is 5.20. The van der Waals surface area contributed by atoms with Gasteiger partial charge in [0.1, 0.15) is 0 Å². The summed E-state index contributed by atoms with van der Waals surface area (Å²) in [6, 6.07) is 12.4. The van der Waals surface area contributed by atoms with Gasteiger partial charge < -0.3 is 10.1 Å². The lowest BCUT2D eigenvalue weighted by atomic mass is 9.98. The van der Waals surface area contributed by atoms with Crippen molar-refractivity contribution in [3.8, 4) is 0 Å². The summed E-state index contributed by atoms with van der Waals surface area (Å²) < 4.78 is 5.42. The Balaban J connectivity index is 2.10. The standard InChI is InChI=1S/C17H28N2O/c1-4-15-11-18-17(14-9-7-6-8-10-14)12-19(15)16(5-2)13-20-3/h6-10,15-18H,4-5,11-13H2,1-3H3. The van der Waals surface area contributed by atoms with Gasteiger partial charge in [-0.25, -0.2) is 0 Å². The fraction of sp³-hybridized carbons (Fsp3) is 0.647. The summed E-state index contributed by atoms with van der Waals surface area (Å²) in [6.45, 7) is 7.51. The predicted octanol–water partition coefficient (Wildman–Crippen LogP) is 2.84. The molecule has 0 bridgehead atoms. The maximum atomic E-state index is 5.42. The average Bonchev–Trinajstić information content (AvgIpc) is 2.53. The van der Waals surface area contributed by atoms with Crippen LogP contribution >= 0.6 is 0 Å². The van der Waals surface area contributed by atoms with E-state index < -0.39 is 0 Å². The fourth-order valence-corrected chi connectivity index (χ4v) is 3.20. The lowest BCUT2D eigenvalue weighted by Crippen LogP contribution is -2.57. The molecule has 20 heavy (non-hydrogen) atoms. The molecule has 0 radical (unpaired) electrons. The quantitative estimate of drug-likeness (QED) is 0.864. The number of hydrogen-bond donors (Lipinski definition) is 1. The maximum absolute atomic E-state index is 5.42. The zero-order valence-corrected chi connectivity index (χ0v) is 13.0. The molecule has 3 atom stereocenters. The molecule has 1 aliphatic rings. The minimum atomic E-state index is 0.435. The molecule has 0 spiro atoms. The lowest BCUT2D eigenvalue weighted by Gasteiger charge is -2.44. The van der Waals surface area contributed by atoms with E-state index in [0.717, 1.165) is 26.1 Å². The van der Waals surface area contributed by atoms with Crippen LogP contribution in [0.5, 0.6) is 0 Å². The van der Waals surface area contributed by atoms with E-state index in [9.17, 15) is 0 Å². The molecule has 3 unspecified atom stereocenters. The number of methoxy groups -OCH3 is 1. The molecule has 2 rings (SSSR count). The van der Waals surface area contributed by atoms with E-state index in [4.69, 9.17) is 4.74 Å². The zero-order valence-electron chi connectivity index (χ0n) is 13.0. The number of nitrogens with zero attached hydrogens (tertiary/aromatic N) is 1. The van der Waals surface area contributed by atoms with E-state index in [1.54, 1.807) is 7.11 Å². The molecule has 112 valence electrons. The molecular weight excluding hydrogens is 248 g/mol. The van der Waals surface area contributed by atoms with Gasteiger partial charge >= 0.3 is 0 Å². The summed E-state index contributed by atoms with van der Waals surface area (Å²) in [5, 5.41) is 3.70. The number of hydrogen-bond acceptors (Lipinski definition) is 3. The van der Waals surface area contributed by atoms with Gasteiger partial charge in [0.15, 0.2) is 0 Å². The van der Waals surface area contributed by atoms with Gasteiger partial charge in [-0.3, -0.25) is 4.90 Å². The number of piperazine rings is 1. The molecule has 1 saturated heterocycles. The van der Waals surface area contributed by atoms with Crippen LogP contribution in [-0.4, -0.2) is 43.8 Å². The van der Waals surface area contributed by atoms with Gasteiger partial charge in [-0.05, 0) is 18.4 Å². The second-order valence-electron chi connectivity index (χ2n) is 5.65. The monoisotopic (exact) mass is 276 g/mol. The van der Waals surface area contributed by atoms with Gasteiger partial charge in [0, 0.05) is 38.3 Å². The normalized spacial score (nSPS) is 25.6. The van der Waals surface area contributed by atoms with Crippen molar-refractivity contribution in [2.45, 2.75) is 44.8 Å². The summed E-state index contributed by atoms with van der Waals surface area (Å²) in [5.41, 5.74) is 1.39. The van der Waals surface area contributed by atoms with Crippen LogP contribution in [0.3, 0.4) is 0 Å². The SMILES string of the molecule is CCC1CNC(c2ccccc2)CN1C(CC)COC. The van der Waals surface area contributed by atoms with Gasteiger partial charge in [-0.2, -0.15) is 0 Å². The molecule has 0 amide bonds. The number of benzene rings is 1. The molecule has 1 fully saturated rings. The van der Waals surface area contributed by atoms with Crippen molar-refractivity contribution in [2.24, 2.45) is 0 Å². The van der Waals surface area contributed by atoms with Crippen LogP contribution in [0, 0.1) is 0 Å². The zero-order chi connectivity index (χ0) is 14.4. The van der Waals surface area contributed by atoms with E-state index >= 15 is 0 Å². The Hall–Kier alpha value is -0.900. The summed E-state index contributed by atoms with van der Waals surface area (Å²) in [4.78, 5) is 2.65. The Labute approximate surface area is 123 Å². The molecule has 3 nitrogen and oxygen atoms in total. The largest absolute Gasteiger partial charge is 0.383 e. The summed E-state index contributed by atoms with van der Waals surface area (Å²) in [5.74, 6) is 0. The van der Waals surface area contributed by atoms with Gasteiger partial charge in [-0.1, -0.05) is 44.2 Å². The van der Waals surface area contributed by atoms with Crippen LogP contribution in [0.4, 0.5) is 0 Å². The predicted molar refractivity (Wildman–Crippen MR) is 83.9 cm³/mol. The third-order valence-corrected chi connectivity index (χ3v) is 4.43. The molecule has 1 N–H and O–H groups in total. The first-order chi connectivity index (χ1) is 9.80. The highest BCUT2D eigenvalue weighted by Crippen LogP contribution is 2.24. The number of ether oxygens (including phenoxy) is 1. The first kappa shape index (κ1) is 15.5. The van der Waals surface area contributed by atoms with Gasteiger partial charge in [0.25, 0.3) is 0 Å². The molecule has 1 aromatic rings. The van der Waals surface area contributed by atoms with Crippen LogP contribution in [-0.2, 0) is 4.74 Å². The van der Waals surface area contributed by atoms with Gasteiger partial charge in [0.2, 0.25) is 0 Å². The fourth-order valence-electron chi connectivity index (χ4n) is 3.20. The number of rotatable bonds is 6. The van der Waals surface area contributed by atoms with Gasteiger partial charge in [0.05, 0.1) is 6.61 Å². The summed E-state index contributed by atoms with van der Waals surface area (Å²) in [7, 11) is 1.81. The minimum absolute atomic E-state index is 0.435. The van der Waals surface area contributed by atoms with Crippen molar-refractivity contribution in [3.05, 3.63) is 35.9 Å². The first-order valence-corrected chi connectivity index (χ1v) is 7.83. The third kappa shape index (κ3) is 3.60. The summed E-state index contributed by atoms with van der Waals surface area (Å²) in [6.07, 6.45) is 2.33. The highest BCUT2D eigenvalue weighted by atomic mass is 16.5. The van der Waals surface area contributed by atoms with E-state index in [0.29, 0.717) is 18.1 Å². The Bertz CT molecular complexity index is 382. The smallest absolute Gasteiger partial charge is 0.0618 e. The van der Waals surface area contributed by atoms with Crippen molar-refractivity contribution in [1.29, 1.82) is 0 Å². The maximum Gasteiger partial charge on any atom is 0.0618 e. The third-order valence-electron chi connectivity index (χ3n) is 4.43. The van der Waals surface area contributed by atoms with Crippen LogP contribution < -0.4 is 5.32 Å². The number of nitrogens with one attached hydrogen (secondary N) is 1. The Morgan fingerprint density at radius 3 is 2.65 bits per heavy atom. The van der Waals surface area contributed by atoms with Crippen molar-refractivity contribution in [2.75, 3.05) is 26.8 Å². The van der Waals surface area contributed by atoms with Crippen molar-refractivity contribution >= 4 is 0 Å². The second kappa shape index (κ2) is 7.77. The van der Waals surface area contributed by atoms with Crippen LogP contribution in [0.15, 0.2) is 30.3 Å². The molecule has 1 heterocycles. The van der Waals surface area contributed by atoms with E-state index in [2.05, 4.69) is 54.4 Å². The van der Waals surface area contributed by atoms with Crippen LogP contribution in [0.1, 0.15) is 38.3 Å². The van der Waals surface area contributed by atoms with Crippen molar-refractivity contribution in [3.63, 3.8) is 0 Å². The van der Waals surface area contributed by atoms with Crippen LogP contribution in [0.25, 0.3) is 0 Å². The van der Waals surface area contributed by atoms with E-state index in [1.165, 1.54) is 12.0 Å². The van der Waals surface area contributed by atoms with Gasteiger partial charge in [-0.15, -0.1) is 0 Å². The second-order valence-corrected chi connectivity index (χ2v) is 5.65. The lowest BCUT2D eigenvalue weighted by molar-refractivity contribution is 0.0296. The van der Waals surface area contributed by atoms with Crippen molar-refractivity contribution < 1.29 is 4.74 Å². The van der Waals surface area contributed by atoms with Crippen LogP contribution in [0.2, 0.25) is 0 Å². The molecule has 0 aromatic heterocycles. The minimum Gasteiger partial charge on any atom is -0.383 e. The Kier molecular flexibility index (Phi) is 6.02. The molecular formula is C17H28N2O. The van der Waals surface area contributed by atoms with E-state index in [-0.39, 0.29) is 0 Å². The molecule has 1 aliphatic heterocycles. The molecule has 0 aliphatic carbocycles. The van der Waals surface area contributed by atoms with Crippen molar-refractivity contribution in [1.82, 2.24) is 10.2 Å². The van der Waals surface area contributed by atoms with E-state index in [1.807, 2.05) is 0 Å². The molecule has 0 saturated carbocycles. The average molecular weight is 276 g/mol. The Morgan fingerprint density at radius 2 is 2.05 bits per heavy atom. The Morgan fingerprint density at radius 1 is 1.30 bits per heavy atom. The first-order valence-electron chi connectivity index (χ1n) is 7.83. The molecule has 1 aromatic carbocycles. The molecule has 3 heteroatoms.